The van der Waals surface area contributed by atoms with Crippen molar-refractivity contribution in [3.05, 3.63) is 62.8 Å². The van der Waals surface area contributed by atoms with Gasteiger partial charge in [-0.15, -0.1) is 0 Å². The summed E-state index contributed by atoms with van der Waals surface area (Å²) in [7, 11) is 0. The molecular weight excluding hydrogens is 496 g/mol. The molecular formula is C25H28F4N4O4. The van der Waals surface area contributed by atoms with Crippen molar-refractivity contribution in [3.8, 4) is 5.75 Å². The molecule has 37 heavy (non-hydrogen) atoms. The van der Waals surface area contributed by atoms with Crippen LogP contribution >= 0.6 is 0 Å². The lowest BCUT2D eigenvalue weighted by Crippen LogP contribution is -2.58. The number of rotatable bonds is 7. The summed E-state index contributed by atoms with van der Waals surface area (Å²) in [4.78, 5) is 41.2. The first kappa shape index (κ1) is 26.5. The second-order valence-electron chi connectivity index (χ2n) is 9.32. The van der Waals surface area contributed by atoms with Gasteiger partial charge in [0.1, 0.15) is 35.9 Å². The van der Waals surface area contributed by atoms with Gasteiger partial charge in [-0.25, -0.2) is 17.6 Å². The van der Waals surface area contributed by atoms with Crippen molar-refractivity contribution in [1.29, 1.82) is 0 Å². The van der Waals surface area contributed by atoms with Gasteiger partial charge in [-0.05, 0) is 20.3 Å². The fraction of sp³-hybridized carbons (Fsp3) is 0.480. The van der Waals surface area contributed by atoms with Crippen molar-refractivity contribution >= 4 is 11.8 Å². The third kappa shape index (κ3) is 4.88. The number of fused-ring (bicyclic) bond motifs is 4. The summed E-state index contributed by atoms with van der Waals surface area (Å²) >= 11 is 0. The predicted octanol–water partition coefficient (Wildman–Crippen LogP) is 3.24. The number of nitrogens with one attached hydrogen (secondary N) is 1. The topological polar surface area (TPSA) is 83.9 Å². The molecule has 3 atom stereocenters. The van der Waals surface area contributed by atoms with Gasteiger partial charge in [-0.3, -0.25) is 24.1 Å². The smallest absolute Gasteiger partial charge is 0.278 e. The first-order valence-electron chi connectivity index (χ1n) is 12.1. The van der Waals surface area contributed by atoms with Gasteiger partial charge in [0.05, 0.1) is 12.6 Å². The van der Waals surface area contributed by atoms with Crippen molar-refractivity contribution in [2.75, 3.05) is 18.3 Å². The van der Waals surface area contributed by atoms with Crippen LogP contribution in [0.2, 0.25) is 0 Å². The Morgan fingerprint density at radius 1 is 1.16 bits per heavy atom. The molecule has 200 valence electrons. The Labute approximate surface area is 210 Å². The lowest BCUT2D eigenvalue weighted by Gasteiger charge is -2.42. The van der Waals surface area contributed by atoms with Gasteiger partial charge in [0, 0.05) is 42.9 Å². The molecule has 1 aromatic carbocycles. The maximum Gasteiger partial charge on any atom is 0.278 e. The number of pyridine rings is 1. The minimum absolute atomic E-state index is 0.0267. The molecule has 0 aliphatic carbocycles. The summed E-state index contributed by atoms with van der Waals surface area (Å²) in [6.07, 6.45) is 1.26. The maximum atomic E-state index is 14.8. The number of aromatic nitrogens is 1. The van der Waals surface area contributed by atoms with Crippen LogP contribution in [0.5, 0.6) is 5.75 Å². The van der Waals surface area contributed by atoms with Crippen LogP contribution < -0.4 is 20.5 Å². The largest absolute Gasteiger partial charge is 0.487 e. The van der Waals surface area contributed by atoms with Crippen LogP contribution in [0, 0.1) is 17.5 Å². The molecule has 4 rings (SSSR count). The van der Waals surface area contributed by atoms with Crippen LogP contribution in [-0.4, -0.2) is 52.9 Å². The van der Waals surface area contributed by atoms with Crippen LogP contribution in [0.1, 0.15) is 66.4 Å². The monoisotopic (exact) mass is 524 g/mol. The molecule has 0 saturated carbocycles. The molecule has 1 fully saturated rings. The van der Waals surface area contributed by atoms with E-state index in [9.17, 15) is 31.9 Å². The standard InChI is InChI=1S/C25H28F4N4O4/c1-4-5-6-37-23-21-25(36)31-12-33(13(2)7-18(27)14(31)3)32(21)11-17(22(23)34)24(35)30-10-16-19(28)8-15(26)9-20(16)29/h8-9,11,13-14,18H,4-7,10,12H2,1-3H3,(H,30,35)/t13-,14+,18?/m1/s1. The molecule has 8 nitrogen and oxygen atoms in total. The van der Waals surface area contributed by atoms with Crippen LogP contribution in [0.25, 0.3) is 0 Å². The Bertz CT molecular complexity index is 1260. The Kier molecular flexibility index (Phi) is 7.47. The highest BCUT2D eigenvalue weighted by molar-refractivity contribution is 5.99. The summed E-state index contributed by atoms with van der Waals surface area (Å²) in [6.45, 7) is 4.74. The van der Waals surface area contributed by atoms with Crippen LogP contribution in [-0.2, 0) is 6.54 Å². The van der Waals surface area contributed by atoms with E-state index >= 15 is 0 Å². The number of halogens is 4. The van der Waals surface area contributed by atoms with E-state index in [1.165, 1.54) is 9.58 Å². The SMILES string of the molecule is CCCCOc1c2n(cc(C(=O)NCc3c(F)cc(F)cc3F)c1=O)N1CN(C2=O)[C@@H](C)C(F)C[C@H]1C. The van der Waals surface area contributed by atoms with E-state index in [0.717, 1.165) is 12.6 Å². The third-order valence-corrected chi connectivity index (χ3v) is 6.79. The molecule has 3 heterocycles. The van der Waals surface area contributed by atoms with E-state index in [1.807, 2.05) is 6.92 Å². The normalized spacial score (nSPS) is 20.9. The van der Waals surface area contributed by atoms with Crippen molar-refractivity contribution in [1.82, 2.24) is 14.9 Å². The zero-order valence-corrected chi connectivity index (χ0v) is 20.7. The third-order valence-electron chi connectivity index (χ3n) is 6.79. The second-order valence-corrected chi connectivity index (χ2v) is 9.32. The molecule has 1 saturated heterocycles. The Hall–Kier alpha value is -3.57. The Morgan fingerprint density at radius 3 is 2.49 bits per heavy atom. The quantitative estimate of drug-likeness (QED) is 0.444. The van der Waals surface area contributed by atoms with E-state index in [2.05, 4.69) is 5.32 Å². The molecule has 1 unspecified atom stereocenters. The van der Waals surface area contributed by atoms with Crippen molar-refractivity contribution in [2.24, 2.45) is 0 Å². The van der Waals surface area contributed by atoms with Crippen LogP contribution in [0.4, 0.5) is 17.6 Å². The average Bonchev–Trinajstić information content (AvgIpc) is 2.93. The van der Waals surface area contributed by atoms with E-state index in [4.69, 9.17) is 4.74 Å². The molecule has 1 aromatic heterocycles. The number of amides is 2. The van der Waals surface area contributed by atoms with Crippen molar-refractivity contribution in [2.45, 2.75) is 64.8 Å². The first-order chi connectivity index (χ1) is 17.5. The molecule has 2 amide bonds. The van der Waals surface area contributed by atoms with Crippen molar-refractivity contribution in [3.63, 3.8) is 0 Å². The first-order valence-corrected chi connectivity index (χ1v) is 12.1. The van der Waals surface area contributed by atoms with Gasteiger partial charge in [0.25, 0.3) is 11.8 Å². The van der Waals surface area contributed by atoms with Gasteiger partial charge >= 0.3 is 0 Å². The number of hydrogen-bond acceptors (Lipinski definition) is 5. The number of alkyl halides is 1. The molecule has 2 aliphatic heterocycles. The Balaban J connectivity index is 1.77. The summed E-state index contributed by atoms with van der Waals surface area (Å²) in [5.74, 6) is -5.42. The zero-order chi connectivity index (χ0) is 27.0. The highest BCUT2D eigenvalue weighted by Gasteiger charge is 2.43. The molecule has 0 spiro atoms. The number of carbonyl (C=O) groups is 2. The summed E-state index contributed by atoms with van der Waals surface area (Å²) in [5, 5.41) is 3.94. The second kappa shape index (κ2) is 10.4. The average molecular weight is 525 g/mol. The number of unbranched alkanes of at least 4 members (excludes halogenated alkanes) is 1. The number of hydrogen-bond donors (Lipinski definition) is 1. The highest BCUT2D eigenvalue weighted by Crippen LogP contribution is 2.30. The molecule has 2 aliphatic rings. The lowest BCUT2D eigenvalue weighted by atomic mass is 10.1. The van der Waals surface area contributed by atoms with Crippen LogP contribution in [0.3, 0.4) is 0 Å². The van der Waals surface area contributed by atoms with Gasteiger partial charge in [0.15, 0.2) is 11.4 Å². The maximum absolute atomic E-state index is 14.8. The molecule has 12 heteroatoms. The minimum atomic E-state index is -1.31. The summed E-state index contributed by atoms with van der Waals surface area (Å²) in [5.41, 5.74) is -2.01. The minimum Gasteiger partial charge on any atom is -0.487 e. The van der Waals surface area contributed by atoms with Gasteiger partial charge in [-0.1, -0.05) is 13.3 Å². The molecule has 1 N–H and O–H groups in total. The predicted molar refractivity (Wildman–Crippen MR) is 126 cm³/mol. The van der Waals surface area contributed by atoms with Gasteiger partial charge < -0.3 is 15.0 Å². The zero-order valence-electron chi connectivity index (χ0n) is 20.7. The molecule has 2 aromatic rings. The van der Waals surface area contributed by atoms with E-state index in [1.54, 1.807) is 18.9 Å². The van der Waals surface area contributed by atoms with Crippen molar-refractivity contribution < 1.29 is 31.9 Å². The number of nitrogens with zero attached hydrogens (tertiary/aromatic N) is 3. The number of carbonyl (C=O) groups excluding carboxylic acids is 2. The molecule has 2 bridgehead atoms. The van der Waals surface area contributed by atoms with Crippen LogP contribution in [0.15, 0.2) is 23.1 Å². The fourth-order valence-electron chi connectivity index (χ4n) is 4.53. The van der Waals surface area contributed by atoms with Gasteiger partial charge in [0.2, 0.25) is 5.43 Å². The van der Waals surface area contributed by atoms with E-state index in [-0.39, 0.29) is 31.1 Å². The Morgan fingerprint density at radius 2 is 1.84 bits per heavy atom. The number of benzene rings is 1. The van der Waals surface area contributed by atoms with E-state index < -0.39 is 70.6 Å². The molecule has 0 radical (unpaired) electrons. The van der Waals surface area contributed by atoms with E-state index in [0.29, 0.717) is 18.6 Å². The number of ether oxygens (including phenoxy) is 1. The summed E-state index contributed by atoms with van der Waals surface area (Å²) < 4.78 is 63.2. The highest BCUT2D eigenvalue weighted by atomic mass is 19.1. The lowest BCUT2D eigenvalue weighted by molar-refractivity contribution is 0.0551. The van der Waals surface area contributed by atoms with Gasteiger partial charge in [-0.2, -0.15) is 0 Å². The summed E-state index contributed by atoms with van der Waals surface area (Å²) in [6, 6.07) is -0.181. The fourth-order valence-corrected chi connectivity index (χ4v) is 4.53.